The van der Waals surface area contributed by atoms with Gasteiger partial charge in [0.05, 0.1) is 28.9 Å². The number of carbonyl (C=O) groups is 3. The number of hydrogen-bond donors (Lipinski definition) is 2. The number of rotatable bonds is 8. The van der Waals surface area contributed by atoms with Crippen LogP contribution in [0.2, 0.25) is 0 Å². The monoisotopic (exact) mass is 573 g/mol. The molecule has 1 saturated carbocycles. The second-order valence-corrected chi connectivity index (χ2v) is 10.5. The van der Waals surface area contributed by atoms with Gasteiger partial charge in [-0.3, -0.25) is 19.4 Å². The van der Waals surface area contributed by atoms with E-state index in [-0.39, 0.29) is 24.1 Å². The first kappa shape index (κ1) is 31.4. The fourth-order valence-corrected chi connectivity index (χ4v) is 4.91. The zero-order chi connectivity index (χ0) is 30.0. The van der Waals surface area contributed by atoms with Gasteiger partial charge in [-0.1, -0.05) is 52.3 Å². The Morgan fingerprint density at radius 2 is 1.71 bits per heavy atom. The number of hydrogen-bond acceptors (Lipinski definition) is 6. The molecule has 2 N–H and O–H groups in total. The van der Waals surface area contributed by atoms with E-state index in [2.05, 4.69) is 34.4 Å². The van der Waals surface area contributed by atoms with E-state index >= 15 is 0 Å². The molecule has 0 spiro atoms. The molecule has 0 unspecified atom stereocenters. The topological polar surface area (TPSA) is 106 Å². The molecule has 1 aliphatic rings. The number of aromatic nitrogens is 3. The van der Waals surface area contributed by atoms with Crippen LogP contribution in [0.3, 0.4) is 0 Å². The summed E-state index contributed by atoms with van der Waals surface area (Å²) in [5.41, 5.74) is 4.54. The van der Waals surface area contributed by atoms with Gasteiger partial charge in [0.1, 0.15) is 5.78 Å². The van der Waals surface area contributed by atoms with Gasteiger partial charge >= 0.3 is 0 Å². The minimum absolute atomic E-state index is 0.149. The average Bonchev–Trinajstić information content (AvgIpc) is 3.49. The van der Waals surface area contributed by atoms with Crippen molar-refractivity contribution in [2.75, 3.05) is 11.9 Å². The molecule has 2 amide bonds. The SMILES string of the molecule is CC.CC(=O)C1(c2cc(-c3cccc(-c4csc(NC(=O)CNC(=O)c5ccn(C)c5)n4)c3)ccn2)CC1.CCC. The summed E-state index contributed by atoms with van der Waals surface area (Å²) in [6.45, 7) is 9.74. The van der Waals surface area contributed by atoms with Crippen LogP contribution in [-0.4, -0.2) is 38.7 Å². The number of thiazole rings is 1. The van der Waals surface area contributed by atoms with Crippen molar-refractivity contribution in [2.24, 2.45) is 7.05 Å². The van der Waals surface area contributed by atoms with E-state index < -0.39 is 5.41 Å². The van der Waals surface area contributed by atoms with Gasteiger partial charge in [-0.05, 0) is 55.2 Å². The highest BCUT2D eigenvalue weighted by Crippen LogP contribution is 2.48. The van der Waals surface area contributed by atoms with Crippen molar-refractivity contribution >= 4 is 34.1 Å². The van der Waals surface area contributed by atoms with Crippen molar-refractivity contribution in [3.8, 4) is 22.4 Å². The Hall–Kier alpha value is -4.11. The fourth-order valence-electron chi connectivity index (χ4n) is 4.17. The lowest BCUT2D eigenvalue weighted by molar-refractivity contribution is -0.119. The predicted octanol–water partition coefficient (Wildman–Crippen LogP) is 6.64. The number of amides is 2. The van der Waals surface area contributed by atoms with Crippen LogP contribution in [-0.2, 0) is 22.1 Å². The molecule has 1 aliphatic carbocycles. The molecule has 3 heterocycles. The quantitative estimate of drug-likeness (QED) is 0.246. The van der Waals surface area contributed by atoms with E-state index in [1.165, 1.54) is 17.8 Å². The molecule has 0 saturated heterocycles. The Morgan fingerprint density at radius 1 is 1.02 bits per heavy atom. The Bertz CT molecular complexity index is 1490. The minimum atomic E-state index is -0.420. The van der Waals surface area contributed by atoms with Gasteiger partial charge in [-0.2, -0.15) is 0 Å². The van der Waals surface area contributed by atoms with E-state index in [0.717, 1.165) is 40.9 Å². The van der Waals surface area contributed by atoms with Crippen molar-refractivity contribution < 1.29 is 14.4 Å². The number of aryl methyl sites for hydroxylation is 1. The third-order valence-electron chi connectivity index (χ3n) is 6.42. The van der Waals surface area contributed by atoms with Crippen molar-refractivity contribution in [1.29, 1.82) is 0 Å². The fraction of sp³-hybridized carbons (Fsp3) is 0.344. The number of nitrogens with one attached hydrogen (secondary N) is 2. The van der Waals surface area contributed by atoms with E-state index in [1.54, 1.807) is 36.1 Å². The molecule has 9 heteroatoms. The molecule has 5 rings (SSSR count). The number of carbonyl (C=O) groups excluding carboxylic acids is 3. The maximum atomic E-state index is 12.3. The van der Waals surface area contributed by atoms with Crippen LogP contribution in [0.5, 0.6) is 0 Å². The van der Waals surface area contributed by atoms with Gasteiger partial charge in [0.2, 0.25) is 5.91 Å². The lowest BCUT2D eigenvalue weighted by Gasteiger charge is -2.12. The summed E-state index contributed by atoms with van der Waals surface area (Å²) in [6, 6.07) is 13.6. The average molecular weight is 574 g/mol. The van der Waals surface area contributed by atoms with Gasteiger partial charge in [0.15, 0.2) is 5.13 Å². The summed E-state index contributed by atoms with van der Waals surface area (Å²) < 4.78 is 1.77. The Kier molecular flexibility index (Phi) is 11.1. The number of pyridine rings is 1. The third kappa shape index (κ3) is 7.98. The first-order valence-corrected chi connectivity index (χ1v) is 14.9. The smallest absolute Gasteiger partial charge is 0.253 e. The molecule has 1 aromatic carbocycles. The van der Waals surface area contributed by atoms with Crippen molar-refractivity contribution in [3.63, 3.8) is 0 Å². The molecule has 8 nitrogen and oxygen atoms in total. The third-order valence-corrected chi connectivity index (χ3v) is 7.18. The summed E-state index contributed by atoms with van der Waals surface area (Å²) in [5.74, 6) is -0.493. The maximum Gasteiger partial charge on any atom is 0.253 e. The molecule has 0 radical (unpaired) electrons. The van der Waals surface area contributed by atoms with Crippen molar-refractivity contribution in [3.05, 3.63) is 77.7 Å². The van der Waals surface area contributed by atoms with Gasteiger partial charge in [-0.15, -0.1) is 11.3 Å². The summed E-state index contributed by atoms with van der Waals surface area (Å²) in [5, 5.41) is 7.68. The molecule has 1 fully saturated rings. The summed E-state index contributed by atoms with van der Waals surface area (Å²) in [7, 11) is 1.82. The highest BCUT2D eigenvalue weighted by Gasteiger charge is 2.50. The number of anilines is 1. The van der Waals surface area contributed by atoms with Gasteiger partial charge in [-0.25, -0.2) is 4.98 Å². The highest BCUT2D eigenvalue weighted by atomic mass is 32.1. The normalized spacial score (nSPS) is 12.6. The van der Waals surface area contributed by atoms with Gasteiger partial charge < -0.3 is 15.2 Å². The molecular weight excluding hydrogens is 534 g/mol. The van der Waals surface area contributed by atoms with Crippen molar-refractivity contribution in [1.82, 2.24) is 19.9 Å². The van der Waals surface area contributed by atoms with E-state index in [4.69, 9.17) is 0 Å². The zero-order valence-electron chi connectivity index (χ0n) is 24.7. The van der Waals surface area contributed by atoms with Crippen LogP contribution in [0.15, 0.2) is 66.4 Å². The molecule has 41 heavy (non-hydrogen) atoms. The van der Waals surface area contributed by atoms with Crippen LogP contribution in [0.4, 0.5) is 5.13 Å². The summed E-state index contributed by atoms with van der Waals surface area (Å²) >= 11 is 1.32. The molecule has 0 atom stereocenters. The lowest BCUT2D eigenvalue weighted by atomic mass is 9.94. The Morgan fingerprint density at radius 3 is 2.34 bits per heavy atom. The second kappa shape index (κ2) is 14.5. The first-order chi connectivity index (χ1) is 19.8. The molecule has 3 aromatic heterocycles. The summed E-state index contributed by atoms with van der Waals surface area (Å²) in [6.07, 6.45) is 8.16. The highest BCUT2D eigenvalue weighted by molar-refractivity contribution is 7.14. The molecule has 0 bridgehead atoms. The van der Waals surface area contributed by atoms with E-state index in [9.17, 15) is 14.4 Å². The van der Waals surface area contributed by atoms with Crippen LogP contribution < -0.4 is 10.6 Å². The Balaban J connectivity index is 0.000000868. The Labute approximate surface area is 246 Å². The maximum absolute atomic E-state index is 12.3. The van der Waals surface area contributed by atoms with Crippen LogP contribution in [0, 0.1) is 0 Å². The number of ketones is 1. The number of nitrogens with zero attached hydrogens (tertiary/aromatic N) is 3. The molecular formula is C32H39N5O3S. The van der Waals surface area contributed by atoms with Crippen LogP contribution in [0.25, 0.3) is 22.4 Å². The van der Waals surface area contributed by atoms with Gasteiger partial charge in [0.25, 0.3) is 5.91 Å². The van der Waals surface area contributed by atoms with E-state index in [1.807, 2.05) is 62.7 Å². The zero-order valence-corrected chi connectivity index (χ0v) is 25.5. The lowest BCUT2D eigenvalue weighted by Crippen LogP contribution is -2.32. The van der Waals surface area contributed by atoms with Crippen LogP contribution >= 0.6 is 11.3 Å². The standard InChI is InChI=1S/C27H25N5O3S.C3H8.C2H6/c1-17(33)27(8-9-27)23-13-19(6-10-28-23)18-4-3-5-20(12-18)22-16-36-26(30-22)31-24(34)14-29-25(35)21-7-11-32(2)15-21;1-3-2;1-2/h3-7,10-13,15-16H,8-9,14H2,1-2H3,(H,29,35)(H,30,31,34);3H2,1-2H3;1-2H3. The largest absolute Gasteiger partial charge is 0.356 e. The second-order valence-electron chi connectivity index (χ2n) is 9.69. The first-order valence-electron chi connectivity index (χ1n) is 14.0. The van der Waals surface area contributed by atoms with Gasteiger partial charge in [0, 0.05) is 36.6 Å². The summed E-state index contributed by atoms with van der Waals surface area (Å²) in [4.78, 5) is 45.6. The number of Topliss-reactive ketones (excluding diaryl/α,β-unsaturated/α-hetero) is 1. The number of benzene rings is 1. The molecule has 216 valence electrons. The van der Waals surface area contributed by atoms with Crippen molar-refractivity contribution in [2.45, 2.75) is 59.3 Å². The van der Waals surface area contributed by atoms with Crippen LogP contribution in [0.1, 0.15) is 69.9 Å². The van der Waals surface area contributed by atoms with E-state index in [0.29, 0.717) is 10.7 Å². The molecule has 4 aromatic rings. The minimum Gasteiger partial charge on any atom is -0.356 e. The predicted molar refractivity (Wildman–Crippen MR) is 166 cm³/mol. The molecule has 0 aliphatic heterocycles.